The molecule has 0 amide bonds. The van der Waals surface area contributed by atoms with E-state index in [1.807, 2.05) is 0 Å². The molecule has 76 valence electrons. The number of piperidine rings is 1. The van der Waals surface area contributed by atoms with E-state index < -0.39 is 0 Å². The number of hydrogen-bond donors (Lipinski definition) is 2. The van der Waals surface area contributed by atoms with Gasteiger partial charge in [0, 0.05) is 0 Å². The molecule has 2 N–H and O–H groups in total. The average molecular weight is 182 g/mol. The van der Waals surface area contributed by atoms with Gasteiger partial charge < -0.3 is 10.6 Å². The molecular weight excluding hydrogens is 160 g/mol. The molecule has 1 unspecified atom stereocenters. The third-order valence-electron chi connectivity index (χ3n) is 3.64. The summed E-state index contributed by atoms with van der Waals surface area (Å²) in [7, 11) is 0. The molecule has 2 aliphatic rings. The van der Waals surface area contributed by atoms with Crippen molar-refractivity contribution in [2.75, 3.05) is 26.2 Å². The Balaban J connectivity index is 1.82. The second kappa shape index (κ2) is 4.97. The smallest absolute Gasteiger partial charge is 0.00179 e. The first kappa shape index (κ1) is 9.47. The first-order valence-corrected chi connectivity index (χ1v) is 5.88. The lowest BCUT2D eigenvalue weighted by Gasteiger charge is -2.29. The number of nitrogens with one attached hydrogen (secondary N) is 2. The van der Waals surface area contributed by atoms with E-state index in [1.165, 1.54) is 58.3 Å². The van der Waals surface area contributed by atoms with Crippen molar-refractivity contribution in [3.63, 3.8) is 0 Å². The third kappa shape index (κ3) is 2.68. The highest BCUT2D eigenvalue weighted by Gasteiger charge is 2.23. The molecule has 0 aromatic heterocycles. The molecule has 2 saturated heterocycles. The zero-order valence-corrected chi connectivity index (χ0v) is 8.52. The van der Waals surface area contributed by atoms with E-state index in [4.69, 9.17) is 0 Å². The molecule has 2 fully saturated rings. The summed E-state index contributed by atoms with van der Waals surface area (Å²) >= 11 is 0. The molecule has 0 radical (unpaired) electrons. The van der Waals surface area contributed by atoms with Crippen LogP contribution in [0.4, 0.5) is 0 Å². The minimum atomic E-state index is 0.976. The van der Waals surface area contributed by atoms with Gasteiger partial charge >= 0.3 is 0 Å². The van der Waals surface area contributed by atoms with Gasteiger partial charge in [-0.2, -0.15) is 0 Å². The Hall–Kier alpha value is -0.0800. The van der Waals surface area contributed by atoms with Crippen LogP contribution in [0.3, 0.4) is 0 Å². The molecule has 2 heterocycles. The Labute approximate surface area is 81.5 Å². The highest BCUT2D eigenvalue weighted by molar-refractivity contribution is 4.78. The van der Waals surface area contributed by atoms with Gasteiger partial charge in [-0.15, -0.1) is 0 Å². The normalized spacial score (nSPS) is 32.8. The largest absolute Gasteiger partial charge is 0.317 e. The molecule has 2 rings (SSSR count). The van der Waals surface area contributed by atoms with Crippen LogP contribution in [-0.2, 0) is 0 Å². The van der Waals surface area contributed by atoms with Crippen molar-refractivity contribution in [3.05, 3.63) is 0 Å². The molecule has 0 spiro atoms. The molecule has 0 aromatic rings. The van der Waals surface area contributed by atoms with Crippen molar-refractivity contribution >= 4 is 0 Å². The maximum absolute atomic E-state index is 3.57. The molecule has 0 aromatic carbocycles. The lowest BCUT2D eigenvalue weighted by molar-refractivity contribution is 0.247. The minimum Gasteiger partial charge on any atom is -0.317 e. The van der Waals surface area contributed by atoms with Crippen LogP contribution in [0.1, 0.15) is 32.1 Å². The Bertz CT molecular complexity index is 133. The van der Waals surface area contributed by atoms with E-state index in [-0.39, 0.29) is 0 Å². The zero-order valence-electron chi connectivity index (χ0n) is 8.52. The van der Waals surface area contributed by atoms with Crippen molar-refractivity contribution < 1.29 is 0 Å². The van der Waals surface area contributed by atoms with Gasteiger partial charge in [-0.3, -0.25) is 0 Å². The summed E-state index contributed by atoms with van der Waals surface area (Å²) in [5.74, 6) is 1.98. The van der Waals surface area contributed by atoms with E-state index in [1.54, 1.807) is 0 Å². The van der Waals surface area contributed by atoms with E-state index >= 15 is 0 Å². The van der Waals surface area contributed by atoms with Crippen LogP contribution in [0.15, 0.2) is 0 Å². The van der Waals surface area contributed by atoms with E-state index in [2.05, 4.69) is 10.6 Å². The summed E-state index contributed by atoms with van der Waals surface area (Å²) < 4.78 is 0. The van der Waals surface area contributed by atoms with Crippen LogP contribution in [0.2, 0.25) is 0 Å². The van der Waals surface area contributed by atoms with Crippen molar-refractivity contribution in [1.82, 2.24) is 10.6 Å². The minimum absolute atomic E-state index is 0.976. The summed E-state index contributed by atoms with van der Waals surface area (Å²) in [6, 6.07) is 0. The maximum atomic E-state index is 3.57. The number of rotatable bonds is 1. The van der Waals surface area contributed by atoms with Gasteiger partial charge in [0.05, 0.1) is 0 Å². The molecular formula is C11H22N2. The quantitative estimate of drug-likeness (QED) is 0.640. The summed E-state index contributed by atoms with van der Waals surface area (Å²) in [4.78, 5) is 0. The van der Waals surface area contributed by atoms with Gasteiger partial charge in [-0.1, -0.05) is 6.42 Å². The van der Waals surface area contributed by atoms with Gasteiger partial charge in [0.25, 0.3) is 0 Å². The van der Waals surface area contributed by atoms with Gasteiger partial charge in [-0.05, 0) is 63.7 Å². The number of hydrogen-bond acceptors (Lipinski definition) is 2. The molecule has 1 atom stereocenters. The van der Waals surface area contributed by atoms with Crippen LogP contribution in [0, 0.1) is 11.8 Å². The third-order valence-corrected chi connectivity index (χ3v) is 3.64. The first-order chi connectivity index (χ1) is 6.47. The summed E-state index contributed by atoms with van der Waals surface area (Å²) in [5.41, 5.74) is 0. The fourth-order valence-corrected chi connectivity index (χ4v) is 2.76. The monoisotopic (exact) mass is 182 g/mol. The van der Waals surface area contributed by atoms with Crippen molar-refractivity contribution in [1.29, 1.82) is 0 Å². The van der Waals surface area contributed by atoms with Crippen molar-refractivity contribution in [3.8, 4) is 0 Å². The lowest BCUT2D eigenvalue weighted by atomic mass is 9.82. The summed E-state index contributed by atoms with van der Waals surface area (Å²) in [6.07, 6.45) is 7.12. The predicted molar refractivity (Wildman–Crippen MR) is 55.8 cm³/mol. The van der Waals surface area contributed by atoms with Crippen molar-refractivity contribution in [2.45, 2.75) is 32.1 Å². The van der Waals surface area contributed by atoms with Crippen LogP contribution < -0.4 is 10.6 Å². The topological polar surface area (TPSA) is 24.1 Å². The standard InChI is InChI=1S/C11H22N2/c1-2-6-13-9-11(3-1)10-4-7-12-8-5-10/h10-13H,1-9H2. The van der Waals surface area contributed by atoms with Gasteiger partial charge in [-0.25, -0.2) is 0 Å². The predicted octanol–water partition coefficient (Wildman–Crippen LogP) is 1.38. The molecule has 13 heavy (non-hydrogen) atoms. The van der Waals surface area contributed by atoms with E-state index in [0.29, 0.717) is 0 Å². The molecule has 0 saturated carbocycles. The van der Waals surface area contributed by atoms with Crippen LogP contribution in [-0.4, -0.2) is 26.2 Å². The molecule has 2 heteroatoms. The molecule has 2 aliphatic heterocycles. The van der Waals surface area contributed by atoms with E-state index in [9.17, 15) is 0 Å². The maximum Gasteiger partial charge on any atom is -0.00179 e. The lowest BCUT2D eigenvalue weighted by Crippen LogP contribution is -2.35. The Morgan fingerprint density at radius 1 is 0.692 bits per heavy atom. The first-order valence-electron chi connectivity index (χ1n) is 5.88. The van der Waals surface area contributed by atoms with Crippen molar-refractivity contribution in [2.24, 2.45) is 11.8 Å². The zero-order chi connectivity index (χ0) is 8.93. The SMILES string of the molecule is C1CCC(C2CCNCC2)CNC1. The molecule has 2 nitrogen and oxygen atoms in total. The van der Waals surface area contributed by atoms with Gasteiger partial charge in [0.1, 0.15) is 0 Å². The second-order valence-corrected chi connectivity index (χ2v) is 4.55. The Morgan fingerprint density at radius 3 is 2.38 bits per heavy atom. The fraction of sp³-hybridized carbons (Fsp3) is 1.00. The molecule has 0 bridgehead atoms. The Morgan fingerprint density at radius 2 is 1.54 bits per heavy atom. The van der Waals surface area contributed by atoms with Crippen LogP contribution in [0.25, 0.3) is 0 Å². The van der Waals surface area contributed by atoms with E-state index in [0.717, 1.165) is 11.8 Å². The van der Waals surface area contributed by atoms with Crippen LogP contribution >= 0.6 is 0 Å². The molecule has 0 aliphatic carbocycles. The fourth-order valence-electron chi connectivity index (χ4n) is 2.76. The summed E-state index contributed by atoms with van der Waals surface area (Å²) in [5, 5.41) is 7.02. The summed E-state index contributed by atoms with van der Waals surface area (Å²) in [6.45, 7) is 5.04. The Kier molecular flexibility index (Phi) is 3.62. The van der Waals surface area contributed by atoms with Crippen LogP contribution in [0.5, 0.6) is 0 Å². The highest BCUT2D eigenvalue weighted by Crippen LogP contribution is 2.26. The highest BCUT2D eigenvalue weighted by atomic mass is 14.9. The second-order valence-electron chi connectivity index (χ2n) is 4.55. The van der Waals surface area contributed by atoms with Gasteiger partial charge in [0.15, 0.2) is 0 Å². The average Bonchev–Trinajstić information content (AvgIpc) is 2.47. The van der Waals surface area contributed by atoms with Gasteiger partial charge in [0.2, 0.25) is 0 Å².